The summed E-state index contributed by atoms with van der Waals surface area (Å²) in [5.74, 6) is -0.646. The normalized spacial score (nSPS) is 20.0. The number of hydrogen-bond acceptors (Lipinski definition) is 4. The van der Waals surface area contributed by atoms with Crippen LogP contribution in [-0.2, 0) is 25.7 Å². The van der Waals surface area contributed by atoms with Crippen molar-refractivity contribution >= 4 is 16.0 Å². The van der Waals surface area contributed by atoms with E-state index < -0.39 is 39.4 Å². The Morgan fingerprint density at radius 2 is 1.69 bits per heavy atom. The van der Waals surface area contributed by atoms with E-state index in [-0.39, 0.29) is 11.4 Å². The maximum Gasteiger partial charge on any atom is 0.416 e. The van der Waals surface area contributed by atoms with Gasteiger partial charge in [0.25, 0.3) is 0 Å². The molecule has 2 rings (SSSR count). The van der Waals surface area contributed by atoms with Crippen LogP contribution in [0.5, 0.6) is 0 Å². The molecule has 1 unspecified atom stereocenters. The maximum atomic E-state index is 12.9. The van der Waals surface area contributed by atoms with E-state index >= 15 is 0 Å². The number of sulfonamides is 1. The van der Waals surface area contributed by atoms with E-state index in [4.69, 9.17) is 4.74 Å². The van der Waals surface area contributed by atoms with Gasteiger partial charge in [-0.3, -0.25) is 4.79 Å². The first-order valence-electron chi connectivity index (χ1n) is 8.24. The zero-order chi connectivity index (χ0) is 19.8. The number of benzene rings is 1. The van der Waals surface area contributed by atoms with E-state index in [1.54, 1.807) is 20.8 Å². The molecule has 0 aliphatic carbocycles. The highest BCUT2D eigenvalue weighted by atomic mass is 32.2. The van der Waals surface area contributed by atoms with Gasteiger partial charge in [-0.05, 0) is 64.3 Å². The molecular weight excluding hydrogens is 371 g/mol. The first kappa shape index (κ1) is 20.7. The first-order chi connectivity index (χ1) is 11.8. The summed E-state index contributed by atoms with van der Waals surface area (Å²) < 4.78 is 70.1. The molecule has 0 amide bonds. The summed E-state index contributed by atoms with van der Waals surface area (Å²) in [7, 11) is -4.11. The van der Waals surface area contributed by atoms with E-state index in [2.05, 4.69) is 0 Å². The third-order valence-electron chi connectivity index (χ3n) is 3.92. The summed E-state index contributed by atoms with van der Waals surface area (Å²) in [6.45, 7) is 5.17. The Kier molecular flexibility index (Phi) is 5.72. The maximum absolute atomic E-state index is 12.9. The Bertz CT molecular complexity index is 752. The van der Waals surface area contributed by atoms with Gasteiger partial charge in [0.15, 0.2) is 0 Å². The van der Waals surface area contributed by atoms with E-state index in [9.17, 15) is 26.4 Å². The standard InChI is InChI=1S/C17H22F3NO4S/c1-16(2,3)25-15(22)14-6-4-5-11-21(14)26(23,24)13-9-7-12(8-10-13)17(18,19)20/h7-10,14H,4-6,11H2,1-3H3. The Labute approximate surface area is 151 Å². The van der Waals surface area contributed by atoms with Crippen molar-refractivity contribution in [2.45, 2.75) is 62.7 Å². The third-order valence-corrected chi connectivity index (χ3v) is 5.84. The van der Waals surface area contributed by atoms with Crippen LogP contribution in [0.15, 0.2) is 29.2 Å². The number of hydrogen-bond donors (Lipinski definition) is 0. The highest BCUT2D eigenvalue weighted by Crippen LogP contribution is 2.32. The van der Waals surface area contributed by atoms with Gasteiger partial charge in [0, 0.05) is 6.54 Å². The molecule has 1 aromatic rings. The number of nitrogens with zero attached hydrogens (tertiary/aromatic N) is 1. The zero-order valence-electron chi connectivity index (χ0n) is 14.8. The molecule has 1 aliphatic heterocycles. The minimum Gasteiger partial charge on any atom is -0.459 e. The van der Waals surface area contributed by atoms with Crippen molar-refractivity contribution in [3.8, 4) is 0 Å². The summed E-state index contributed by atoms with van der Waals surface area (Å²) in [5, 5.41) is 0. The Hall–Kier alpha value is -1.61. The van der Waals surface area contributed by atoms with Crippen LogP contribution in [-0.4, -0.2) is 36.9 Å². The molecule has 0 spiro atoms. The minimum absolute atomic E-state index is 0.118. The summed E-state index contributed by atoms with van der Waals surface area (Å²) in [6.07, 6.45) is -3.00. The first-order valence-corrected chi connectivity index (χ1v) is 9.68. The number of rotatable bonds is 3. The van der Waals surface area contributed by atoms with Crippen molar-refractivity contribution in [3.05, 3.63) is 29.8 Å². The molecule has 0 saturated carbocycles. The fraction of sp³-hybridized carbons (Fsp3) is 0.588. The molecule has 1 fully saturated rings. The molecule has 5 nitrogen and oxygen atoms in total. The van der Waals surface area contributed by atoms with Crippen LogP contribution in [0.25, 0.3) is 0 Å². The van der Waals surface area contributed by atoms with Gasteiger partial charge in [-0.2, -0.15) is 17.5 Å². The predicted octanol–water partition coefficient (Wildman–Crippen LogP) is 3.59. The molecule has 0 radical (unpaired) electrons. The van der Waals surface area contributed by atoms with Gasteiger partial charge < -0.3 is 4.74 Å². The van der Waals surface area contributed by atoms with Gasteiger partial charge in [0.1, 0.15) is 11.6 Å². The van der Waals surface area contributed by atoms with Gasteiger partial charge >= 0.3 is 12.1 Å². The molecule has 1 saturated heterocycles. The summed E-state index contributed by atoms with van der Waals surface area (Å²) >= 11 is 0. The van der Waals surface area contributed by atoms with E-state index in [0.29, 0.717) is 19.3 Å². The molecule has 1 heterocycles. The quantitative estimate of drug-likeness (QED) is 0.737. The van der Waals surface area contributed by atoms with Gasteiger partial charge in [-0.1, -0.05) is 0 Å². The van der Waals surface area contributed by atoms with Crippen molar-refractivity contribution in [2.24, 2.45) is 0 Å². The molecule has 146 valence electrons. The lowest BCUT2D eigenvalue weighted by Gasteiger charge is -2.34. The van der Waals surface area contributed by atoms with Crippen molar-refractivity contribution in [1.82, 2.24) is 4.31 Å². The number of halogens is 3. The molecule has 1 aromatic carbocycles. The number of piperidine rings is 1. The molecule has 0 aromatic heterocycles. The highest BCUT2D eigenvalue weighted by molar-refractivity contribution is 7.89. The second-order valence-corrected chi connectivity index (χ2v) is 9.07. The van der Waals surface area contributed by atoms with Gasteiger partial charge in [0.2, 0.25) is 10.0 Å². The van der Waals surface area contributed by atoms with Crippen LogP contribution >= 0.6 is 0 Å². The van der Waals surface area contributed by atoms with Crippen molar-refractivity contribution < 1.29 is 31.1 Å². The average Bonchev–Trinajstić information content (AvgIpc) is 2.52. The Morgan fingerprint density at radius 3 is 2.19 bits per heavy atom. The SMILES string of the molecule is CC(C)(C)OC(=O)C1CCCCN1S(=O)(=O)c1ccc(C(F)(F)F)cc1. The van der Waals surface area contributed by atoms with Crippen LogP contribution in [0, 0.1) is 0 Å². The number of ether oxygens (including phenoxy) is 1. The molecular formula is C17H22F3NO4S. The molecule has 26 heavy (non-hydrogen) atoms. The number of alkyl halides is 3. The van der Waals surface area contributed by atoms with Crippen molar-refractivity contribution in [3.63, 3.8) is 0 Å². The smallest absolute Gasteiger partial charge is 0.416 e. The fourth-order valence-corrected chi connectivity index (χ4v) is 4.40. The van der Waals surface area contributed by atoms with Gasteiger partial charge in [-0.15, -0.1) is 0 Å². The Balaban J connectivity index is 2.31. The fourth-order valence-electron chi connectivity index (χ4n) is 2.75. The topological polar surface area (TPSA) is 63.7 Å². The van der Waals surface area contributed by atoms with Crippen LogP contribution in [0.1, 0.15) is 45.6 Å². The predicted molar refractivity (Wildman–Crippen MR) is 88.8 cm³/mol. The third kappa shape index (κ3) is 4.76. The van der Waals surface area contributed by atoms with Crippen molar-refractivity contribution in [2.75, 3.05) is 6.54 Å². The summed E-state index contributed by atoms with van der Waals surface area (Å²) in [5.41, 5.74) is -1.70. The van der Waals surface area contributed by atoms with Crippen LogP contribution in [0.2, 0.25) is 0 Å². The largest absolute Gasteiger partial charge is 0.459 e. The van der Waals surface area contributed by atoms with Gasteiger partial charge in [-0.25, -0.2) is 8.42 Å². The van der Waals surface area contributed by atoms with Crippen molar-refractivity contribution in [1.29, 1.82) is 0 Å². The van der Waals surface area contributed by atoms with E-state index in [0.717, 1.165) is 28.6 Å². The molecule has 0 N–H and O–H groups in total. The number of esters is 1. The lowest BCUT2D eigenvalue weighted by atomic mass is 10.0. The minimum atomic E-state index is -4.55. The molecule has 1 aliphatic rings. The zero-order valence-corrected chi connectivity index (χ0v) is 15.7. The van der Waals surface area contributed by atoms with Crippen LogP contribution in [0.4, 0.5) is 13.2 Å². The van der Waals surface area contributed by atoms with Gasteiger partial charge in [0.05, 0.1) is 10.5 Å². The second-order valence-electron chi connectivity index (χ2n) is 7.18. The van der Waals surface area contributed by atoms with E-state index in [1.165, 1.54) is 0 Å². The second kappa shape index (κ2) is 7.19. The lowest BCUT2D eigenvalue weighted by molar-refractivity contribution is -0.160. The molecule has 1 atom stereocenters. The molecule has 9 heteroatoms. The highest BCUT2D eigenvalue weighted by Gasteiger charge is 2.40. The summed E-state index contributed by atoms with van der Waals surface area (Å²) in [4.78, 5) is 12.1. The lowest BCUT2D eigenvalue weighted by Crippen LogP contribution is -2.49. The monoisotopic (exact) mass is 393 g/mol. The van der Waals surface area contributed by atoms with E-state index in [1.807, 2.05) is 0 Å². The van der Waals surface area contributed by atoms with Crippen LogP contribution < -0.4 is 0 Å². The summed E-state index contributed by atoms with van der Waals surface area (Å²) in [6, 6.07) is 2.30. The van der Waals surface area contributed by atoms with Crippen LogP contribution in [0.3, 0.4) is 0 Å². The average molecular weight is 393 g/mol. The number of carbonyl (C=O) groups excluding carboxylic acids is 1. The number of carbonyl (C=O) groups is 1. The Morgan fingerprint density at radius 1 is 1.12 bits per heavy atom. The molecule has 0 bridgehead atoms.